The zero-order chi connectivity index (χ0) is 33.9. The molecule has 8 heterocycles. The van der Waals surface area contributed by atoms with Crippen molar-refractivity contribution in [3.05, 3.63) is 73.0 Å². The summed E-state index contributed by atoms with van der Waals surface area (Å²) in [5.41, 5.74) is 1.01. The van der Waals surface area contributed by atoms with E-state index in [1.54, 1.807) is 12.2 Å². The fourth-order valence-corrected chi connectivity index (χ4v) is 6.32. The number of nitrogens with one attached hydrogen (secondary N) is 2. The number of carbonyl (C=O) groups excluding carboxylic acids is 4. The van der Waals surface area contributed by atoms with Crippen molar-refractivity contribution in [2.24, 2.45) is 0 Å². The number of anilines is 2. The molecule has 0 aromatic carbocycles. The van der Waals surface area contributed by atoms with E-state index in [-0.39, 0.29) is 49.6 Å². The number of hydrogen-bond acceptors (Lipinski definition) is 14. The van der Waals surface area contributed by atoms with Crippen molar-refractivity contribution < 1.29 is 45.0 Å². The Balaban J connectivity index is 0.932. The fourth-order valence-electron chi connectivity index (χ4n) is 5.55. The van der Waals surface area contributed by atoms with E-state index < -0.39 is 46.4 Å². The Bertz CT molecular complexity index is 1990. The average molecular weight is 695 g/mol. The third-order valence-corrected chi connectivity index (χ3v) is 8.38. The first-order valence-corrected chi connectivity index (χ1v) is 15.7. The minimum atomic E-state index is -5.00. The summed E-state index contributed by atoms with van der Waals surface area (Å²) in [5, 5.41) is 14.6. The van der Waals surface area contributed by atoms with Crippen molar-refractivity contribution in [3.63, 3.8) is 0 Å². The summed E-state index contributed by atoms with van der Waals surface area (Å²) in [7, 11) is -5.00. The van der Waals surface area contributed by atoms with Crippen LogP contribution >= 0.6 is 0 Å². The van der Waals surface area contributed by atoms with Gasteiger partial charge in [0.25, 0.3) is 11.8 Å². The molecule has 22 nitrogen and oxygen atoms in total. The maximum atomic E-state index is 13.1. The Hall–Kier alpha value is -6.33. The van der Waals surface area contributed by atoms with E-state index in [1.807, 2.05) is 0 Å². The summed E-state index contributed by atoms with van der Waals surface area (Å²) in [6, 6.07) is -0.403. The highest BCUT2D eigenvalue weighted by atomic mass is 32.3. The number of oxazole rings is 2. The third-order valence-electron chi connectivity index (χ3n) is 7.69. The highest BCUT2D eigenvalue weighted by Gasteiger charge is 2.47. The molecule has 2 atom stereocenters. The van der Waals surface area contributed by atoms with Gasteiger partial charge in [-0.25, -0.2) is 28.9 Å². The van der Waals surface area contributed by atoms with E-state index >= 15 is 0 Å². The van der Waals surface area contributed by atoms with Crippen LogP contribution in [0.25, 0.3) is 11.4 Å². The lowest BCUT2D eigenvalue weighted by atomic mass is 10.2. The Morgan fingerprint density at radius 1 is 0.755 bits per heavy atom. The number of aromatic nitrogens is 6. The second kappa shape index (κ2) is 11.4. The summed E-state index contributed by atoms with van der Waals surface area (Å²) in [5.74, 6) is -1.16. The van der Waals surface area contributed by atoms with Crippen LogP contribution in [0.5, 0.6) is 0 Å². The normalized spacial score (nSPS) is 20.2. The van der Waals surface area contributed by atoms with Crippen molar-refractivity contribution >= 4 is 57.7 Å². The minimum absolute atomic E-state index is 0.00639. The van der Waals surface area contributed by atoms with Gasteiger partial charge in [0.15, 0.2) is 11.4 Å². The van der Waals surface area contributed by atoms with Crippen LogP contribution in [0.15, 0.2) is 70.4 Å². The number of nitrogens with zero attached hydrogens (tertiary/aromatic N) is 10. The first kappa shape index (κ1) is 30.0. The van der Waals surface area contributed by atoms with Crippen molar-refractivity contribution in [2.45, 2.75) is 12.1 Å². The first-order chi connectivity index (χ1) is 23.6. The van der Waals surface area contributed by atoms with E-state index in [2.05, 4.69) is 30.8 Å². The number of carbonyl (C=O) groups is 4. The molecule has 8 rings (SSSR count). The number of urea groups is 2. The summed E-state index contributed by atoms with van der Waals surface area (Å²) in [4.78, 5) is 61.4. The third kappa shape index (κ3) is 5.66. The molecule has 49 heavy (non-hydrogen) atoms. The van der Waals surface area contributed by atoms with E-state index in [4.69, 9.17) is 17.4 Å². The molecule has 6 amide bonds. The van der Waals surface area contributed by atoms with Crippen molar-refractivity contribution in [3.8, 4) is 0 Å². The average Bonchev–Trinajstić information content (AvgIpc) is 3.94. The standard InChI is InChI=1S/C26H22N12O10S/c39-21(29-23-27-3-7-45-23)19-1-5-35(31-19)15-9-17-13-33(11-15)25(41)37(17)47-49(43,44)48-38-18-10-16(12-34(14-18)26(38)42)36-6-2-20(32-36)22(40)30-24-28-4-8-46-24/h1-10,17-18H,11-14H2,(H,27,29,39)(H,28,30,40). The minimum Gasteiger partial charge on any atom is -0.432 e. The zero-order valence-corrected chi connectivity index (χ0v) is 25.5. The number of hydroxylamine groups is 4. The fraction of sp³-hybridized carbons (Fsp3) is 0.231. The second-order valence-corrected chi connectivity index (χ2v) is 12.0. The van der Waals surface area contributed by atoms with Gasteiger partial charge in [0, 0.05) is 25.5 Å². The molecule has 2 fully saturated rings. The maximum Gasteiger partial charge on any atom is 0.442 e. The van der Waals surface area contributed by atoms with Gasteiger partial charge in [0.05, 0.1) is 36.9 Å². The summed E-state index contributed by atoms with van der Waals surface area (Å²) in [6.07, 6.45) is 11.5. The highest BCUT2D eigenvalue weighted by molar-refractivity contribution is 7.81. The Morgan fingerprint density at radius 3 is 1.61 bits per heavy atom. The van der Waals surface area contributed by atoms with Crippen LogP contribution in [0.4, 0.5) is 21.6 Å². The van der Waals surface area contributed by atoms with Gasteiger partial charge in [-0.05, 0) is 24.3 Å². The SMILES string of the molecule is O=C(Nc1ncco1)c1ccn(C2=CC3CN(C2)C(=O)N3OS(=O)(=O)ON2C(=O)N3CC(n4ccc(C(=O)Nc5ncco5)n4)=CC2C3)n1. The van der Waals surface area contributed by atoms with Crippen molar-refractivity contribution in [2.75, 3.05) is 36.8 Å². The van der Waals surface area contributed by atoms with Crippen LogP contribution in [0.3, 0.4) is 0 Å². The molecule has 0 saturated carbocycles. The van der Waals surface area contributed by atoms with Crippen LogP contribution in [-0.4, -0.2) is 120 Å². The predicted molar refractivity (Wildman–Crippen MR) is 158 cm³/mol. The Kier molecular flexibility index (Phi) is 7.00. The Labute approximate surface area is 274 Å². The molecular formula is C26H22N12O10S. The van der Waals surface area contributed by atoms with Gasteiger partial charge in [-0.2, -0.15) is 28.7 Å². The molecule has 2 unspecified atom stereocenters. The lowest BCUT2D eigenvalue weighted by molar-refractivity contribution is -0.0723. The summed E-state index contributed by atoms with van der Waals surface area (Å²) >= 11 is 0. The molecule has 0 aliphatic carbocycles. The van der Waals surface area contributed by atoms with Gasteiger partial charge in [0.1, 0.15) is 24.6 Å². The van der Waals surface area contributed by atoms with Crippen LogP contribution in [0, 0.1) is 0 Å². The second-order valence-electron chi connectivity index (χ2n) is 10.9. The van der Waals surface area contributed by atoms with E-state index in [0.717, 1.165) is 0 Å². The van der Waals surface area contributed by atoms with Crippen molar-refractivity contribution in [1.29, 1.82) is 0 Å². The highest BCUT2D eigenvalue weighted by Crippen LogP contribution is 2.31. The molecule has 0 spiro atoms. The monoisotopic (exact) mass is 694 g/mol. The van der Waals surface area contributed by atoms with Gasteiger partial charge in [-0.3, -0.25) is 20.2 Å². The number of amides is 6. The quantitative estimate of drug-likeness (QED) is 0.227. The molecule has 4 aromatic heterocycles. The molecule has 4 aromatic rings. The van der Waals surface area contributed by atoms with Crippen molar-refractivity contribution in [1.82, 2.24) is 49.5 Å². The van der Waals surface area contributed by atoms with Gasteiger partial charge in [-0.15, -0.1) is 8.57 Å². The molecule has 4 aliphatic heterocycles. The summed E-state index contributed by atoms with van der Waals surface area (Å²) in [6.45, 7) is 0.266. The molecule has 2 saturated heterocycles. The molecule has 0 radical (unpaired) electrons. The number of fused-ring (bicyclic) bond motifs is 4. The topological polar surface area (TPSA) is 246 Å². The van der Waals surface area contributed by atoms with Crippen LogP contribution in [-0.2, 0) is 19.0 Å². The number of hydrogen-bond donors (Lipinski definition) is 2. The van der Waals surface area contributed by atoms with Gasteiger partial charge >= 0.3 is 34.5 Å². The van der Waals surface area contributed by atoms with Gasteiger partial charge in [0.2, 0.25) is 0 Å². The molecule has 252 valence electrons. The largest absolute Gasteiger partial charge is 0.442 e. The molecule has 4 aliphatic rings. The van der Waals surface area contributed by atoms with E-state index in [0.29, 0.717) is 21.5 Å². The van der Waals surface area contributed by atoms with Gasteiger partial charge < -0.3 is 18.6 Å². The smallest absolute Gasteiger partial charge is 0.432 e. The van der Waals surface area contributed by atoms with Crippen LogP contribution < -0.4 is 10.6 Å². The van der Waals surface area contributed by atoms with Crippen LogP contribution in [0.1, 0.15) is 21.0 Å². The number of rotatable bonds is 10. The zero-order valence-electron chi connectivity index (χ0n) is 24.7. The van der Waals surface area contributed by atoms with E-state index in [1.165, 1.54) is 68.6 Å². The van der Waals surface area contributed by atoms with Crippen LogP contribution in [0.2, 0.25) is 0 Å². The van der Waals surface area contributed by atoms with E-state index in [9.17, 15) is 27.6 Å². The molecule has 2 N–H and O–H groups in total. The molecule has 23 heteroatoms. The first-order valence-electron chi connectivity index (χ1n) is 14.4. The predicted octanol–water partition coefficient (Wildman–Crippen LogP) is 0.290. The Morgan fingerprint density at radius 2 is 1.20 bits per heavy atom. The lowest BCUT2D eigenvalue weighted by Gasteiger charge is -2.22. The van der Waals surface area contributed by atoms with Gasteiger partial charge in [-0.1, -0.05) is 0 Å². The summed E-state index contributed by atoms with van der Waals surface area (Å²) < 4.78 is 49.1. The maximum absolute atomic E-state index is 13.1. The molecule has 4 bridgehead atoms. The molecular weight excluding hydrogens is 672 g/mol. The lowest BCUT2D eigenvalue weighted by Crippen LogP contribution is -2.40.